The van der Waals surface area contributed by atoms with Crippen LogP contribution in [0.5, 0.6) is 0 Å². The summed E-state index contributed by atoms with van der Waals surface area (Å²) in [6.45, 7) is 2.34. The molecule has 2 atom stereocenters. The van der Waals surface area contributed by atoms with E-state index in [0.717, 1.165) is 6.42 Å². The Balaban J connectivity index is 1.56. The number of hydrogen-bond donors (Lipinski definition) is 0. The summed E-state index contributed by atoms with van der Waals surface area (Å²) in [5.74, 6) is 0.710. The summed E-state index contributed by atoms with van der Waals surface area (Å²) in [5.41, 5.74) is 4.69. The molecule has 2 heteroatoms. The van der Waals surface area contributed by atoms with E-state index in [1.54, 1.807) is 21.0 Å². The second kappa shape index (κ2) is 4.74. The number of rotatable bonds is 3. The van der Waals surface area contributed by atoms with Gasteiger partial charge in [-0.15, -0.1) is 0 Å². The Kier molecular flexibility index (Phi) is 2.80. The normalized spacial score (nSPS) is 28.0. The first-order chi connectivity index (χ1) is 10.8. The molecule has 1 aromatic carbocycles. The van der Waals surface area contributed by atoms with Crippen molar-refractivity contribution < 1.29 is 0 Å². The van der Waals surface area contributed by atoms with Gasteiger partial charge >= 0.3 is 0 Å². The van der Waals surface area contributed by atoms with Gasteiger partial charge in [0.2, 0.25) is 0 Å². The maximum absolute atomic E-state index is 2.51. The number of allylic oxidation sites excluding steroid dienone is 10. The molecule has 0 amide bonds. The van der Waals surface area contributed by atoms with Gasteiger partial charge < -0.3 is 0 Å². The molecule has 1 aromatic rings. The van der Waals surface area contributed by atoms with E-state index in [9.17, 15) is 0 Å². The second-order valence-corrected chi connectivity index (χ2v) is 10.6. The van der Waals surface area contributed by atoms with Crippen LogP contribution < -0.4 is 0 Å². The molecule has 0 radical (unpaired) electrons. The Morgan fingerprint density at radius 2 is 2.05 bits per heavy atom. The first-order valence-electron chi connectivity index (χ1n) is 8.07. The predicted molar refractivity (Wildman–Crippen MR) is 98.0 cm³/mol. The molecule has 22 heavy (non-hydrogen) atoms. The van der Waals surface area contributed by atoms with E-state index in [-0.39, 0.29) is 0 Å². The molecule has 4 aliphatic rings. The van der Waals surface area contributed by atoms with Crippen molar-refractivity contribution in [1.29, 1.82) is 0 Å². The van der Waals surface area contributed by atoms with Gasteiger partial charge in [-0.25, -0.2) is 0 Å². The lowest BCUT2D eigenvalue weighted by atomic mass is 10.0. The van der Waals surface area contributed by atoms with Crippen molar-refractivity contribution in [2.24, 2.45) is 5.92 Å². The van der Waals surface area contributed by atoms with Gasteiger partial charge in [0.15, 0.2) is 0 Å². The van der Waals surface area contributed by atoms with E-state index in [1.807, 2.05) is 22.2 Å². The van der Waals surface area contributed by atoms with Gasteiger partial charge in [-0.05, 0) is 41.5 Å². The van der Waals surface area contributed by atoms with E-state index in [4.69, 9.17) is 0 Å². The summed E-state index contributed by atoms with van der Waals surface area (Å²) in [4.78, 5) is 3.23. The minimum atomic E-state index is -0.965. The summed E-state index contributed by atoms with van der Waals surface area (Å²) < 4.78 is 0. The maximum Gasteiger partial charge on any atom is 0.101 e. The van der Waals surface area contributed by atoms with Crippen LogP contribution in [0, 0.1) is 5.92 Å². The topological polar surface area (TPSA) is 0 Å². The lowest BCUT2D eigenvalue weighted by Gasteiger charge is -2.38. The molecule has 2 heterocycles. The quantitative estimate of drug-likeness (QED) is 0.721. The first-order valence-corrected chi connectivity index (χ1v) is 10.9. The van der Waals surface area contributed by atoms with Gasteiger partial charge in [-0.1, -0.05) is 76.3 Å². The summed E-state index contributed by atoms with van der Waals surface area (Å²) in [6, 6.07) is 12.4. The molecule has 2 aliphatic heterocycles. The third kappa shape index (κ3) is 1.71. The van der Waals surface area contributed by atoms with Gasteiger partial charge in [0.05, 0.1) is 0 Å². The van der Waals surface area contributed by atoms with Crippen molar-refractivity contribution in [2.75, 3.05) is 0 Å². The van der Waals surface area contributed by atoms with Gasteiger partial charge in [-0.3, -0.25) is 0 Å². The third-order valence-electron chi connectivity index (χ3n) is 5.33. The zero-order valence-electron chi connectivity index (χ0n) is 12.7. The molecule has 0 aromatic heterocycles. The second-order valence-electron chi connectivity index (χ2n) is 6.53. The van der Waals surface area contributed by atoms with Crippen molar-refractivity contribution in [2.45, 2.75) is 19.4 Å². The number of thioether (sulfide) groups is 1. The average Bonchev–Trinajstić information content (AvgIpc) is 3.17. The SMILES string of the molecule is CC1=C2C3C(=CC(C4=CC=CC4)=C3[SiH]2Cc2ccccc2)S1. The smallest absolute Gasteiger partial charge is 0.0987 e. The fourth-order valence-corrected chi connectivity index (χ4v) is 10.2. The van der Waals surface area contributed by atoms with Crippen LogP contribution in [0.3, 0.4) is 0 Å². The van der Waals surface area contributed by atoms with Crippen LogP contribution >= 0.6 is 11.8 Å². The zero-order valence-corrected chi connectivity index (χ0v) is 14.6. The summed E-state index contributed by atoms with van der Waals surface area (Å²) in [7, 11) is -0.965. The fourth-order valence-electron chi connectivity index (χ4n) is 4.37. The molecular weight excluding hydrogens is 300 g/mol. The average molecular weight is 319 g/mol. The van der Waals surface area contributed by atoms with Crippen molar-refractivity contribution >= 4 is 20.6 Å². The Bertz CT molecular complexity index is 821. The molecule has 0 N–H and O–H groups in total. The maximum atomic E-state index is 2.51. The highest BCUT2D eigenvalue weighted by Gasteiger charge is 2.52. The van der Waals surface area contributed by atoms with Gasteiger partial charge in [0, 0.05) is 10.8 Å². The minimum Gasteiger partial charge on any atom is -0.0987 e. The molecule has 2 unspecified atom stereocenters. The lowest BCUT2D eigenvalue weighted by Crippen LogP contribution is -2.41. The highest BCUT2D eigenvalue weighted by molar-refractivity contribution is 8.07. The first kappa shape index (κ1) is 13.0. The Morgan fingerprint density at radius 3 is 2.82 bits per heavy atom. The van der Waals surface area contributed by atoms with Crippen LogP contribution in [0.4, 0.5) is 0 Å². The lowest BCUT2D eigenvalue weighted by molar-refractivity contribution is 0.931. The fraction of sp³-hybridized carbons (Fsp3) is 0.200. The predicted octanol–water partition coefficient (Wildman–Crippen LogP) is 4.80. The molecule has 0 nitrogen and oxygen atoms in total. The summed E-state index contributed by atoms with van der Waals surface area (Å²) in [5, 5.41) is 3.69. The van der Waals surface area contributed by atoms with E-state index in [1.165, 1.54) is 11.6 Å². The van der Waals surface area contributed by atoms with E-state index in [0.29, 0.717) is 5.92 Å². The van der Waals surface area contributed by atoms with Gasteiger partial charge in [0.1, 0.15) is 8.80 Å². The minimum absolute atomic E-state index is 0.710. The molecule has 0 saturated carbocycles. The van der Waals surface area contributed by atoms with E-state index in [2.05, 4.69) is 61.6 Å². The monoisotopic (exact) mass is 318 g/mol. The zero-order chi connectivity index (χ0) is 14.7. The standard InChI is InChI=1S/C20H18SSi/c1-13-19-18-17(21-13)11-16(15-9-5-6-10-15)20(18)22(19)12-14-7-3-2-4-8-14/h2-9,11,18,22H,10,12H2,1H3. The van der Waals surface area contributed by atoms with Crippen molar-refractivity contribution in [1.82, 2.24) is 0 Å². The van der Waals surface area contributed by atoms with Crippen LogP contribution in [0.2, 0.25) is 0 Å². The van der Waals surface area contributed by atoms with Crippen molar-refractivity contribution in [3.05, 3.63) is 91.5 Å². The Hall–Kier alpha value is -1.51. The number of benzene rings is 1. The Morgan fingerprint density at radius 1 is 1.18 bits per heavy atom. The van der Waals surface area contributed by atoms with Gasteiger partial charge in [-0.2, -0.15) is 0 Å². The summed E-state index contributed by atoms with van der Waals surface area (Å²) in [6.07, 6.45) is 10.5. The molecular formula is C20H18SSi. The summed E-state index contributed by atoms with van der Waals surface area (Å²) >= 11 is 2.05. The molecule has 1 saturated heterocycles. The van der Waals surface area contributed by atoms with Crippen molar-refractivity contribution in [3.63, 3.8) is 0 Å². The van der Waals surface area contributed by atoms with E-state index < -0.39 is 8.80 Å². The molecule has 108 valence electrons. The Labute approximate surface area is 137 Å². The molecule has 2 aliphatic carbocycles. The van der Waals surface area contributed by atoms with Gasteiger partial charge in [0.25, 0.3) is 0 Å². The molecule has 5 rings (SSSR count). The van der Waals surface area contributed by atoms with Crippen molar-refractivity contribution in [3.8, 4) is 0 Å². The van der Waals surface area contributed by atoms with Crippen LogP contribution in [-0.2, 0) is 6.04 Å². The van der Waals surface area contributed by atoms with Crippen LogP contribution in [-0.4, -0.2) is 8.80 Å². The third-order valence-corrected chi connectivity index (χ3v) is 10.5. The molecule has 1 fully saturated rings. The van der Waals surface area contributed by atoms with Crippen LogP contribution in [0.15, 0.2) is 86.0 Å². The van der Waals surface area contributed by atoms with Crippen LogP contribution in [0.25, 0.3) is 0 Å². The molecule has 0 bridgehead atoms. The highest BCUT2D eigenvalue weighted by atomic mass is 32.2. The largest absolute Gasteiger partial charge is 0.101 e. The van der Waals surface area contributed by atoms with E-state index >= 15 is 0 Å². The number of hydrogen-bond acceptors (Lipinski definition) is 1. The van der Waals surface area contributed by atoms with Crippen LogP contribution in [0.1, 0.15) is 18.9 Å². The highest BCUT2D eigenvalue weighted by Crippen LogP contribution is 2.62. The molecule has 0 spiro atoms.